The van der Waals surface area contributed by atoms with Crippen LogP contribution >= 0.6 is 34.5 Å². The monoisotopic (exact) mass is 327 g/mol. The van der Waals surface area contributed by atoms with E-state index in [1.165, 1.54) is 28.2 Å². The van der Waals surface area contributed by atoms with E-state index in [2.05, 4.69) is 5.10 Å². The molecule has 0 aliphatic rings. The highest BCUT2D eigenvalue weighted by molar-refractivity contribution is 7.19. The maximum atomic E-state index is 13.5. The number of nitrogens with two attached hydrogens (primary N) is 1. The molecule has 0 aliphatic heterocycles. The summed E-state index contributed by atoms with van der Waals surface area (Å²) in [5.41, 5.74) is 7.62. The quantitative estimate of drug-likeness (QED) is 0.745. The van der Waals surface area contributed by atoms with Gasteiger partial charge in [0.2, 0.25) is 0 Å². The number of nitrogens with zero attached hydrogens (tertiary/aromatic N) is 2. The van der Waals surface area contributed by atoms with E-state index in [0.717, 1.165) is 4.88 Å². The highest BCUT2D eigenvalue weighted by atomic mass is 35.5. The molecule has 1 aromatic carbocycles. The van der Waals surface area contributed by atoms with Crippen LogP contribution in [-0.4, -0.2) is 9.78 Å². The van der Waals surface area contributed by atoms with Crippen LogP contribution < -0.4 is 5.73 Å². The number of nitrogen functional groups attached to an aromatic ring is 1. The predicted molar refractivity (Wildman–Crippen MR) is 81.3 cm³/mol. The Bertz CT molecular complexity index is 782. The molecule has 7 heteroatoms. The van der Waals surface area contributed by atoms with Crippen molar-refractivity contribution in [1.82, 2.24) is 9.78 Å². The van der Waals surface area contributed by atoms with E-state index in [9.17, 15) is 4.39 Å². The molecule has 0 bridgehead atoms. The standard InChI is InChI=1S/C13H8Cl2FN3S/c14-8-2-1-7(5-9(8)16)19-6-10(17)13(18-19)11-3-4-12(15)20-11/h1-6H,17H2. The third-order valence-corrected chi connectivity index (χ3v) is 4.26. The molecule has 0 unspecified atom stereocenters. The van der Waals surface area contributed by atoms with Crippen molar-refractivity contribution in [1.29, 1.82) is 0 Å². The van der Waals surface area contributed by atoms with Gasteiger partial charge in [0.25, 0.3) is 0 Å². The predicted octanol–water partition coefficient (Wildman–Crippen LogP) is 4.63. The summed E-state index contributed by atoms with van der Waals surface area (Å²) in [4.78, 5) is 0.862. The molecule has 0 saturated carbocycles. The van der Waals surface area contributed by atoms with E-state index < -0.39 is 5.82 Å². The van der Waals surface area contributed by atoms with Crippen LogP contribution in [-0.2, 0) is 0 Å². The van der Waals surface area contributed by atoms with Gasteiger partial charge in [0.1, 0.15) is 11.5 Å². The van der Waals surface area contributed by atoms with Crippen LogP contribution in [0.3, 0.4) is 0 Å². The fourth-order valence-electron chi connectivity index (χ4n) is 1.78. The Kier molecular flexibility index (Phi) is 3.41. The van der Waals surface area contributed by atoms with Gasteiger partial charge in [0, 0.05) is 6.07 Å². The molecule has 3 nitrogen and oxygen atoms in total. The summed E-state index contributed by atoms with van der Waals surface area (Å²) >= 11 is 12.9. The Morgan fingerprint density at radius 2 is 2.00 bits per heavy atom. The molecule has 0 spiro atoms. The van der Waals surface area contributed by atoms with Gasteiger partial charge in [-0.3, -0.25) is 0 Å². The van der Waals surface area contributed by atoms with Crippen molar-refractivity contribution < 1.29 is 4.39 Å². The maximum Gasteiger partial charge on any atom is 0.143 e. The zero-order chi connectivity index (χ0) is 14.3. The Balaban J connectivity index is 2.06. The van der Waals surface area contributed by atoms with Crippen molar-refractivity contribution in [2.24, 2.45) is 0 Å². The summed E-state index contributed by atoms with van der Waals surface area (Å²) in [5.74, 6) is -0.501. The summed E-state index contributed by atoms with van der Waals surface area (Å²) in [7, 11) is 0. The van der Waals surface area contributed by atoms with Crippen molar-refractivity contribution in [3.8, 4) is 16.3 Å². The SMILES string of the molecule is Nc1cn(-c2ccc(Cl)c(F)c2)nc1-c1ccc(Cl)s1. The van der Waals surface area contributed by atoms with Crippen LogP contribution in [0.5, 0.6) is 0 Å². The van der Waals surface area contributed by atoms with Crippen LogP contribution in [0.25, 0.3) is 16.3 Å². The van der Waals surface area contributed by atoms with Crippen LogP contribution in [0, 0.1) is 5.82 Å². The van der Waals surface area contributed by atoms with Gasteiger partial charge >= 0.3 is 0 Å². The molecule has 0 saturated heterocycles. The lowest BCUT2D eigenvalue weighted by Gasteiger charge is -2.01. The van der Waals surface area contributed by atoms with E-state index in [4.69, 9.17) is 28.9 Å². The van der Waals surface area contributed by atoms with E-state index >= 15 is 0 Å². The highest BCUT2D eigenvalue weighted by Gasteiger charge is 2.12. The van der Waals surface area contributed by atoms with Gasteiger partial charge < -0.3 is 5.73 Å². The van der Waals surface area contributed by atoms with Gasteiger partial charge in [-0.2, -0.15) is 5.10 Å². The van der Waals surface area contributed by atoms with Gasteiger partial charge in [0.05, 0.1) is 31.8 Å². The molecule has 3 rings (SSSR count). The van der Waals surface area contributed by atoms with E-state index in [1.54, 1.807) is 18.3 Å². The van der Waals surface area contributed by atoms with Crippen LogP contribution in [0.15, 0.2) is 36.5 Å². The molecule has 3 aromatic rings. The lowest BCUT2D eigenvalue weighted by Crippen LogP contribution is -1.95. The fourth-order valence-corrected chi connectivity index (χ4v) is 2.95. The van der Waals surface area contributed by atoms with E-state index in [-0.39, 0.29) is 5.02 Å². The van der Waals surface area contributed by atoms with Crippen LogP contribution in [0.2, 0.25) is 9.36 Å². The van der Waals surface area contributed by atoms with Crippen molar-refractivity contribution in [3.05, 3.63) is 51.7 Å². The molecular formula is C13H8Cl2FN3S. The third kappa shape index (κ3) is 2.40. The van der Waals surface area contributed by atoms with E-state index in [1.807, 2.05) is 6.07 Å². The van der Waals surface area contributed by atoms with E-state index in [0.29, 0.717) is 21.4 Å². The normalized spacial score (nSPS) is 10.9. The molecule has 2 heterocycles. The number of thiophene rings is 1. The first kappa shape index (κ1) is 13.4. The minimum Gasteiger partial charge on any atom is -0.396 e. The van der Waals surface area contributed by atoms with Gasteiger partial charge in [-0.15, -0.1) is 11.3 Å². The molecule has 0 fully saturated rings. The minimum atomic E-state index is -0.501. The van der Waals surface area contributed by atoms with Crippen LogP contribution in [0.4, 0.5) is 10.1 Å². The fraction of sp³-hybridized carbons (Fsp3) is 0. The number of halogens is 3. The van der Waals surface area contributed by atoms with Gasteiger partial charge in [-0.05, 0) is 24.3 Å². The summed E-state index contributed by atoms with van der Waals surface area (Å²) in [5, 5.41) is 4.44. The molecule has 2 N–H and O–H groups in total. The van der Waals surface area contributed by atoms with Crippen molar-refractivity contribution >= 4 is 40.2 Å². The maximum absolute atomic E-state index is 13.5. The molecule has 0 radical (unpaired) electrons. The molecule has 2 aromatic heterocycles. The average Bonchev–Trinajstić information content (AvgIpc) is 2.99. The number of hydrogen-bond acceptors (Lipinski definition) is 3. The number of rotatable bonds is 2. The third-order valence-electron chi connectivity index (χ3n) is 2.72. The van der Waals surface area contributed by atoms with Gasteiger partial charge in [-0.25, -0.2) is 9.07 Å². The molecule has 102 valence electrons. The van der Waals surface area contributed by atoms with Crippen LogP contribution in [0.1, 0.15) is 0 Å². The zero-order valence-corrected chi connectivity index (χ0v) is 12.3. The van der Waals surface area contributed by atoms with Crippen molar-refractivity contribution in [3.63, 3.8) is 0 Å². The zero-order valence-electron chi connectivity index (χ0n) is 9.98. The number of benzene rings is 1. The first-order valence-electron chi connectivity index (χ1n) is 5.61. The van der Waals surface area contributed by atoms with Gasteiger partial charge in [0.15, 0.2) is 0 Å². The number of anilines is 1. The summed E-state index contributed by atoms with van der Waals surface area (Å²) < 4.78 is 15.6. The summed E-state index contributed by atoms with van der Waals surface area (Å²) in [6.45, 7) is 0. The molecule has 0 aliphatic carbocycles. The van der Waals surface area contributed by atoms with Gasteiger partial charge in [-0.1, -0.05) is 23.2 Å². The number of hydrogen-bond donors (Lipinski definition) is 1. The Labute approximate surface area is 128 Å². The molecule has 0 atom stereocenters. The first-order chi connectivity index (χ1) is 9.54. The number of aromatic nitrogens is 2. The highest BCUT2D eigenvalue weighted by Crippen LogP contribution is 2.33. The molecule has 0 amide bonds. The molecule has 20 heavy (non-hydrogen) atoms. The second-order valence-corrected chi connectivity index (χ2v) is 6.20. The smallest absolute Gasteiger partial charge is 0.143 e. The first-order valence-corrected chi connectivity index (χ1v) is 7.18. The second-order valence-electron chi connectivity index (χ2n) is 4.08. The summed E-state index contributed by atoms with van der Waals surface area (Å²) in [6, 6.07) is 8.08. The van der Waals surface area contributed by atoms with Crippen molar-refractivity contribution in [2.75, 3.05) is 5.73 Å². The molecular weight excluding hydrogens is 320 g/mol. The average molecular weight is 328 g/mol. The Hall–Kier alpha value is -1.56. The Morgan fingerprint density at radius 1 is 1.20 bits per heavy atom. The Morgan fingerprint density at radius 3 is 2.65 bits per heavy atom. The largest absolute Gasteiger partial charge is 0.396 e. The summed E-state index contributed by atoms with van der Waals surface area (Å²) in [6.07, 6.45) is 1.63. The lowest BCUT2D eigenvalue weighted by atomic mass is 10.3. The topological polar surface area (TPSA) is 43.8 Å². The second kappa shape index (κ2) is 5.09. The lowest BCUT2D eigenvalue weighted by molar-refractivity contribution is 0.626. The minimum absolute atomic E-state index is 0.0686. The van der Waals surface area contributed by atoms with Crippen molar-refractivity contribution in [2.45, 2.75) is 0 Å².